The summed E-state index contributed by atoms with van der Waals surface area (Å²) in [6, 6.07) is 3.14. The van der Waals surface area contributed by atoms with Crippen LogP contribution >= 0.6 is 15.9 Å². The molecular formula is C13H14BrF3N2O. The van der Waals surface area contributed by atoms with Crippen molar-refractivity contribution in [3.8, 4) is 0 Å². The van der Waals surface area contributed by atoms with Crippen molar-refractivity contribution < 1.29 is 18.0 Å². The molecule has 7 heteroatoms. The van der Waals surface area contributed by atoms with Crippen LogP contribution in [0.2, 0.25) is 0 Å². The first-order valence-electron chi connectivity index (χ1n) is 6.26. The summed E-state index contributed by atoms with van der Waals surface area (Å²) in [7, 11) is 0. The van der Waals surface area contributed by atoms with Gasteiger partial charge in [0.05, 0.1) is 11.1 Å². The average Bonchev–Trinajstić information content (AvgIpc) is 2.66. The monoisotopic (exact) mass is 350 g/mol. The molecule has 1 fully saturated rings. The molecule has 1 aromatic carbocycles. The summed E-state index contributed by atoms with van der Waals surface area (Å²) < 4.78 is 38.5. The number of carbonyl (C=O) groups is 1. The zero-order valence-electron chi connectivity index (χ0n) is 10.6. The molecule has 20 heavy (non-hydrogen) atoms. The van der Waals surface area contributed by atoms with E-state index in [1.807, 2.05) is 0 Å². The van der Waals surface area contributed by atoms with Gasteiger partial charge in [0.15, 0.2) is 0 Å². The van der Waals surface area contributed by atoms with E-state index in [0.717, 1.165) is 25.1 Å². The van der Waals surface area contributed by atoms with Gasteiger partial charge in [-0.05, 0) is 47.1 Å². The standard InChI is InChI=1S/C13H14BrF3N2O/c14-11-3-2-9(13(15,16)17)8-10(11)12(20)19-6-1-4-18-5-7-19/h2-3,8,18H,1,4-7H2. The largest absolute Gasteiger partial charge is 0.416 e. The fraction of sp³-hybridized carbons (Fsp3) is 0.462. The molecule has 0 bridgehead atoms. The Bertz CT molecular complexity index is 497. The number of hydrogen-bond donors (Lipinski definition) is 1. The minimum atomic E-state index is -4.45. The number of benzene rings is 1. The molecule has 1 aliphatic rings. The molecule has 1 aliphatic heterocycles. The first-order chi connectivity index (χ1) is 9.39. The molecule has 0 aliphatic carbocycles. The third-order valence-electron chi connectivity index (χ3n) is 3.15. The number of rotatable bonds is 1. The fourth-order valence-electron chi connectivity index (χ4n) is 2.08. The lowest BCUT2D eigenvalue weighted by molar-refractivity contribution is -0.137. The van der Waals surface area contributed by atoms with Gasteiger partial charge in [-0.15, -0.1) is 0 Å². The summed E-state index contributed by atoms with van der Waals surface area (Å²) in [5.74, 6) is -0.369. The van der Waals surface area contributed by atoms with Crippen molar-refractivity contribution in [3.63, 3.8) is 0 Å². The molecule has 0 unspecified atom stereocenters. The third kappa shape index (κ3) is 3.52. The van der Waals surface area contributed by atoms with Crippen molar-refractivity contribution in [2.45, 2.75) is 12.6 Å². The molecule has 1 saturated heterocycles. The number of halogens is 4. The Kier molecular flexibility index (Phi) is 4.70. The Morgan fingerprint density at radius 2 is 2.00 bits per heavy atom. The SMILES string of the molecule is O=C(c1cc(C(F)(F)F)ccc1Br)N1CCCNCC1. The van der Waals surface area contributed by atoms with E-state index in [-0.39, 0.29) is 11.5 Å². The van der Waals surface area contributed by atoms with E-state index in [1.54, 1.807) is 4.90 Å². The second kappa shape index (κ2) is 6.13. The van der Waals surface area contributed by atoms with Crippen LogP contribution < -0.4 is 5.32 Å². The second-order valence-electron chi connectivity index (χ2n) is 4.59. The molecule has 2 rings (SSSR count). The second-order valence-corrected chi connectivity index (χ2v) is 5.44. The van der Waals surface area contributed by atoms with Crippen LogP contribution in [0.15, 0.2) is 22.7 Å². The molecule has 110 valence electrons. The van der Waals surface area contributed by atoms with Gasteiger partial charge in [-0.2, -0.15) is 13.2 Å². The molecule has 0 atom stereocenters. The highest BCUT2D eigenvalue weighted by Gasteiger charge is 2.32. The van der Waals surface area contributed by atoms with E-state index < -0.39 is 11.7 Å². The Morgan fingerprint density at radius 3 is 2.70 bits per heavy atom. The minimum Gasteiger partial charge on any atom is -0.337 e. The minimum absolute atomic E-state index is 0.0572. The van der Waals surface area contributed by atoms with Gasteiger partial charge in [-0.1, -0.05) is 0 Å². The molecule has 0 spiro atoms. The van der Waals surface area contributed by atoms with Crippen LogP contribution in [-0.2, 0) is 6.18 Å². The van der Waals surface area contributed by atoms with Gasteiger partial charge in [-0.25, -0.2) is 0 Å². The number of hydrogen-bond acceptors (Lipinski definition) is 2. The molecule has 0 saturated carbocycles. The van der Waals surface area contributed by atoms with E-state index in [0.29, 0.717) is 24.1 Å². The van der Waals surface area contributed by atoms with Crippen LogP contribution in [0.4, 0.5) is 13.2 Å². The van der Waals surface area contributed by atoms with E-state index in [1.165, 1.54) is 6.07 Å². The van der Waals surface area contributed by atoms with E-state index in [4.69, 9.17) is 0 Å². The lowest BCUT2D eigenvalue weighted by Crippen LogP contribution is -2.34. The lowest BCUT2D eigenvalue weighted by atomic mass is 10.1. The zero-order chi connectivity index (χ0) is 14.8. The molecule has 3 nitrogen and oxygen atoms in total. The predicted molar refractivity (Wildman–Crippen MR) is 72.5 cm³/mol. The first-order valence-corrected chi connectivity index (χ1v) is 7.05. The van der Waals surface area contributed by atoms with Gasteiger partial charge >= 0.3 is 6.18 Å². The van der Waals surface area contributed by atoms with Crippen LogP contribution in [-0.4, -0.2) is 37.0 Å². The summed E-state index contributed by atoms with van der Waals surface area (Å²) in [5, 5.41) is 3.15. The first kappa shape index (κ1) is 15.3. The van der Waals surface area contributed by atoms with E-state index >= 15 is 0 Å². The highest BCUT2D eigenvalue weighted by Crippen LogP contribution is 2.32. The van der Waals surface area contributed by atoms with Gasteiger partial charge in [0.1, 0.15) is 0 Å². The summed E-state index contributed by atoms with van der Waals surface area (Å²) >= 11 is 3.15. The number of nitrogens with one attached hydrogen (secondary N) is 1. The molecule has 1 aromatic rings. The number of nitrogens with zero attached hydrogens (tertiary/aromatic N) is 1. The number of carbonyl (C=O) groups excluding carboxylic acids is 1. The number of alkyl halides is 3. The normalized spacial score (nSPS) is 16.9. The van der Waals surface area contributed by atoms with Crippen molar-refractivity contribution >= 4 is 21.8 Å². The molecule has 0 radical (unpaired) electrons. The Morgan fingerprint density at radius 1 is 1.25 bits per heavy atom. The summed E-state index contributed by atoms with van der Waals surface area (Å²) in [4.78, 5) is 13.9. The van der Waals surface area contributed by atoms with Crippen LogP contribution in [0.25, 0.3) is 0 Å². The van der Waals surface area contributed by atoms with Crippen molar-refractivity contribution in [1.82, 2.24) is 10.2 Å². The van der Waals surface area contributed by atoms with Crippen LogP contribution in [0.3, 0.4) is 0 Å². The van der Waals surface area contributed by atoms with Gasteiger partial charge in [0.2, 0.25) is 0 Å². The lowest BCUT2D eigenvalue weighted by Gasteiger charge is -2.21. The third-order valence-corrected chi connectivity index (χ3v) is 3.84. The van der Waals surface area contributed by atoms with Crippen molar-refractivity contribution in [1.29, 1.82) is 0 Å². The highest BCUT2D eigenvalue weighted by atomic mass is 79.9. The van der Waals surface area contributed by atoms with Crippen molar-refractivity contribution in [3.05, 3.63) is 33.8 Å². The van der Waals surface area contributed by atoms with Crippen LogP contribution in [0.5, 0.6) is 0 Å². The van der Waals surface area contributed by atoms with Gasteiger partial charge < -0.3 is 10.2 Å². The van der Waals surface area contributed by atoms with Crippen molar-refractivity contribution in [2.24, 2.45) is 0 Å². The fourth-order valence-corrected chi connectivity index (χ4v) is 2.50. The Labute approximate surface area is 123 Å². The topological polar surface area (TPSA) is 32.3 Å². The Hall–Kier alpha value is -1.08. The molecule has 1 N–H and O–H groups in total. The smallest absolute Gasteiger partial charge is 0.337 e. The Balaban J connectivity index is 2.28. The van der Waals surface area contributed by atoms with Gasteiger partial charge in [0, 0.05) is 24.1 Å². The quantitative estimate of drug-likeness (QED) is 0.844. The maximum Gasteiger partial charge on any atom is 0.416 e. The van der Waals surface area contributed by atoms with Crippen molar-refractivity contribution in [2.75, 3.05) is 26.2 Å². The molecule has 0 aromatic heterocycles. The summed E-state index contributed by atoms with van der Waals surface area (Å²) in [6.07, 6.45) is -3.65. The van der Waals surface area contributed by atoms with E-state index in [9.17, 15) is 18.0 Å². The maximum absolute atomic E-state index is 12.7. The highest BCUT2D eigenvalue weighted by molar-refractivity contribution is 9.10. The summed E-state index contributed by atoms with van der Waals surface area (Å²) in [5.41, 5.74) is -0.751. The predicted octanol–water partition coefficient (Wildman–Crippen LogP) is 2.90. The van der Waals surface area contributed by atoms with Crippen LogP contribution in [0.1, 0.15) is 22.3 Å². The van der Waals surface area contributed by atoms with Gasteiger partial charge in [0.25, 0.3) is 5.91 Å². The maximum atomic E-state index is 12.7. The van der Waals surface area contributed by atoms with Crippen LogP contribution in [0, 0.1) is 0 Å². The molecule has 1 amide bonds. The number of amides is 1. The molecular weight excluding hydrogens is 337 g/mol. The molecule has 1 heterocycles. The van der Waals surface area contributed by atoms with Gasteiger partial charge in [-0.3, -0.25) is 4.79 Å². The van der Waals surface area contributed by atoms with E-state index in [2.05, 4.69) is 21.2 Å². The zero-order valence-corrected chi connectivity index (χ0v) is 12.2. The average molecular weight is 351 g/mol. The summed E-state index contributed by atoms with van der Waals surface area (Å²) in [6.45, 7) is 2.52.